The minimum absolute atomic E-state index is 0.00353. The van der Waals surface area contributed by atoms with Crippen LogP contribution in [0.15, 0.2) is 18.2 Å². The Morgan fingerprint density at radius 2 is 1.89 bits per heavy atom. The second-order valence-corrected chi connectivity index (χ2v) is 8.33. The number of hydrogen-bond acceptors (Lipinski definition) is 5. The molecule has 0 saturated carbocycles. The molecule has 0 unspecified atom stereocenters. The Hall–Kier alpha value is -2.45. The maximum atomic E-state index is 13.1. The van der Waals surface area contributed by atoms with E-state index in [1.807, 2.05) is 6.07 Å². The molecule has 8 nitrogen and oxygen atoms in total. The van der Waals surface area contributed by atoms with Crippen molar-refractivity contribution in [3.05, 3.63) is 23.8 Å². The number of fused-ring (bicyclic) bond motifs is 1. The maximum Gasteiger partial charge on any atom is 0.339 e. The number of nitrogens with zero attached hydrogens (tertiary/aromatic N) is 2. The van der Waals surface area contributed by atoms with Crippen LogP contribution < -0.4 is 9.80 Å². The number of morpholine rings is 1. The monoisotopic (exact) mass is 390 g/mol. The Morgan fingerprint density at radius 1 is 1.21 bits per heavy atom. The van der Waals surface area contributed by atoms with Crippen LogP contribution in [0.1, 0.15) is 32.8 Å². The first-order valence-corrected chi connectivity index (χ1v) is 9.26. The number of rotatable bonds is 3. The summed E-state index contributed by atoms with van der Waals surface area (Å²) in [6.07, 6.45) is -0.450. The van der Waals surface area contributed by atoms with E-state index in [1.54, 1.807) is 44.9 Å². The Kier molecular flexibility index (Phi) is 4.97. The van der Waals surface area contributed by atoms with Gasteiger partial charge in [0, 0.05) is 36.8 Å². The van der Waals surface area contributed by atoms with Crippen molar-refractivity contribution in [3.8, 4) is 0 Å². The van der Waals surface area contributed by atoms with Gasteiger partial charge >= 0.3 is 5.97 Å². The number of ether oxygens (including phenoxy) is 1. The van der Waals surface area contributed by atoms with Gasteiger partial charge in [-0.1, -0.05) is 26.8 Å². The van der Waals surface area contributed by atoms with Crippen LogP contribution in [-0.4, -0.2) is 59.9 Å². The van der Waals surface area contributed by atoms with Crippen molar-refractivity contribution >= 4 is 29.2 Å². The molecule has 2 aliphatic rings. The number of carbonyl (C=O) groups excluding carboxylic acids is 2. The van der Waals surface area contributed by atoms with Gasteiger partial charge in [0.25, 0.3) is 5.91 Å². The molecule has 1 saturated heterocycles. The van der Waals surface area contributed by atoms with Gasteiger partial charge in [-0.2, -0.15) is 0 Å². The molecule has 0 aromatic heterocycles. The first-order chi connectivity index (χ1) is 13.0. The van der Waals surface area contributed by atoms with Gasteiger partial charge < -0.3 is 24.7 Å². The molecule has 0 radical (unpaired) electrons. The Labute approximate surface area is 163 Å². The van der Waals surface area contributed by atoms with Gasteiger partial charge in [-0.15, -0.1) is 0 Å². The van der Waals surface area contributed by atoms with Gasteiger partial charge in [0.05, 0.1) is 6.61 Å². The van der Waals surface area contributed by atoms with Gasteiger partial charge in [-0.3, -0.25) is 9.59 Å². The van der Waals surface area contributed by atoms with E-state index in [2.05, 4.69) is 0 Å². The lowest BCUT2D eigenvalue weighted by molar-refractivity contribution is -0.203. The minimum Gasteiger partial charge on any atom is -0.479 e. The van der Waals surface area contributed by atoms with E-state index >= 15 is 0 Å². The van der Waals surface area contributed by atoms with E-state index in [0.717, 1.165) is 11.3 Å². The second-order valence-electron chi connectivity index (χ2n) is 8.33. The van der Waals surface area contributed by atoms with Gasteiger partial charge in [-0.25, -0.2) is 4.79 Å². The molecule has 2 aliphatic heterocycles. The quantitative estimate of drug-likeness (QED) is 0.803. The Morgan fingerprint density at radius 3 is 2.50 bits per heavy atom. The summed E-state index contributed by atoms with van der Waals surface area (Å²) in [5.41, 5.74) is -1.23. The summed E-state index contributed by atoms with van der Waals surface area (Å²) < 4.78 is 5.46. The van der Waals surface area contributed by atoms with Crippen LogP contribution in [0.5, 0.6) is 0 Å². The van der Waals surface area contributed by atoms with Gasteiger partial charge in [0.1, 0.15) is 0 Å². The molecule has 28 heavy (non-hydrogen) atoms. The number of aliphatic carboxylic acids is 1. The highest BCUT2D eigenvalue weighted by Gasteiger charge is 2.59. The first-order valence-electron chi connectivity index (χ1n) is 9.26. The van der Waals surface area contributed by atoms with E-state index < -0.39 is 29.0 Å². The lowest BCUT2D eigenvalue weighted by Gasteiger charge is -2.44. The lowest BCUT2D eigenvalue weighted by Crippen LogP contribution is -2.66. The molecule has 2 heterocycles. The summed E-state index contributed by atoms with van der Waals surface area (Å²) in [4.78, 5) is 40.0. The zero-order valence-corrected chi connectivity index (χ0v) is 16.6. The average Bonchev–Trinajstić information content (AvgIpc) is 2.63. The van der Waals surface area contributed by atoms with Gasteiger partial charge in [0.2, 0.25) is 11.5 Å². The molecule has 0 bridgehead atoms. The molecule has 1 aromatic rings. The Bertz CT molecular complexity index is 830. The minimum atomic E-state index is -2.39. The highest BCUT2D eigenvalue weighted by Crippen LogP contribution is 2.38. The summed E-state index contributed by atoms with van der Waals surface area (Å²) in [5, 5.41) is 20.6. The largest absolute Gasteiger partial charge is 0.479 e. The van der Waals surface area contributed by atoms with Gasteiger partial charge in [0.15, 0.2) is 6.10 Å². The third-order valence-corrected chi connectivity index (χ3v) is 5.66. The molecule has 0 aliphatic carbocycles. The van der Waals surface area contributed by atoms with Crippen LogP contribution >= 0.6 is 0 Å². The van der Waals surface area contributed by atoms with Crippen molar-refractivity contribution in [2.24, 2.45) is 5.41 Å². The highest BCUT2D eigenvalue weighted by molar-refractivity contribution is 6.03. The predicted octanol–water partition coefficient (Wildman–Crippen LogP) is 1.19. The van der Waals surface area contributed by atoms with E-state index in [9.17, 15) is 24.6 Å². The number of anilines is 2. The zero-order valence-electron chi connectivity index (χ0n) is 16.6. The first kappa shape index (κ1) is 20.3. The number of carboxylic acid groups (broad SMARTS) is 1. The summed E-state index contributed by atoms with van der Waals surface area (Å²) in [6, 6.07) is 5.40. The smallest absolute Gasteiger partial charge is 0.339 e. The van der Waals surface area contributed by atoms with E-state index in [4.69, 9.17) is 4.74 Å². The van der Waals surface area contributed by atoms with Crippen molar-refractivity contribution in [3.63, 3.8) is 0 Å². The number of aryl methyl sites for hydroxylation is 1. The SMILES string of the molecule is CN1C(=O)CCc2ccc(N3CCO[C@H]([C@@](O)(C(=O)O)C(C)(C)C)C3=O)cc21. The number of benzene rings is 1. The highest BCUT2D eigenvalue weighted by atomic mass is 16.5. The van der Waals surface area contributed by atoms with Crippen LogP contribution in [-0.2, 0) is 25.5 Å². The average molecular weight is 390 g/mol. The van der Waals surface area contributed by atoms with E-state index in [-0.39, 0.29) is 19.1 Å². The van der Waals surface area contributed by atoms with Crippen LogP contribution in [0.25, 0.3) is 0 Å². The third-order valence-electron chi connectivity index (χ3n) is 5.66. The standard InChI is InChI=1S/C20H26N2O6/c1-19(2,3)20(27,18(25)26)16-17(24)22(9-10-28-16)13-7-5-12-6-8-15(23)21(4)14(12)11-13/h5,7,11,16,27H,6,8-10H2,1-4H3,(H,25,26)/t16-,20+/m0/s1. The summed E-state index contributed by atoms with van der Waals surface area (Å²) in [6.45, 7) is 4.97. The number of aliphatic hydroxyl groups is 1. The molecular formula is C20H26N2O6. The van der Waals surface area contributed by atoms with Crippen molar-refractivity contribution in [2.75, 3.05) is 30.0 Å². The normalized spacial score (nSPS) is 22.7. The molecule has 152 valence electrons. The van der Waals surface area contributed by atoms with Crippen LogP contribution in [0.3, 0.4) is 0 Å². The van der Waals surface area contributed by atoms with Crippen LogP contribution in [0.2, 0.25) is 0 Å². The molecule has 2 N–H and O–H groups in total. The molecule has 2 amide bonds. The zero-order chi connectivity index (χ0) is 20.9. The fraction of sp³-hybridized carbons (Fsp3) is 0.550. The molecule has 1 fully saturated rings. The van der Waals surface area contributed by atoms with Crippen LogP contribution in [0.4, 0.5) is 11.4 Å². The molecule has 8 heteroatoms. The topological polar surface area (TPSA) is 107 Å². The molecule has 1 aromatic carbocycles. The molecular weight excluding hydrogens is 364 g/mol. The number of carboxylic acids is 1. The number of carbonyl (C=O) groups is 3. The lowest BCUT2D eigenvalue weighted by atomic mass is 9.72. The van der Waals surface area contributed by atoms with Crippen LogP contribution in [0, 0.1) is 5.41 Å². The van der Waals surface area contributed by atoms with Crippen molar-refractivity contribution in [1.29, 1.82) is 0 Å². The molecule has 3 rings (SSSR count). The van der Waals surface area contributed by atoms with Crippen molar-refractivity contribution in [2.45, 2.75) is 45.3 Å². The molecule has 0 spiro atoms. The number of hydrogen-bond donors (Lipinski definition) is 2. The van der Waals surface area contributed by atoms with Gasteiger partial charge in [-0.05, 0) is 24.1 Å². The third kappa shape index (κ3) is 3.06. The van der Waals surface area contributed by atoms with E-state index in [0.29, 0.717) is 18.5 Å². The number of amides is 2. The maximum absolute atomic E-state index is 13.1. The summed E-state index contributed by atoms with van der Waals surface area (Å²) >= 11 is 0. The van der Waals surface area contributed by atoms with Crippen molar-refractivity contribution in [1.82, 2.24) is 0 Å². The fourth-order valence-corrected chi connectivity index (χ4v) is 3.75. The second kappa shape index (κ2) is 6.86. The Balaban J connectivity index is 1.98. The fourth-order valence-electron chi connectivity index (χ4n) is 3.75. The van der Waals surface area contributed by atoms with Crippen molar-refractivity contribution < 1.29 is 29.3 Å². The van der Waals surface area contributed by atoms with E-state index in [1.165, 1.54) is 4.90 Å². The molecule has 2 atom stereocenters. The predicted molar refractivity (Wildman–Crippen MR) is 102 cm³/mol. The summed E-state index contributed by atoms with van der Waals surface area (Å²) in [7, 11) is 1.69. The summed E-state index contributed by atoms with van der Waals surface area (Å²) in [5.74, 6) is -2.12.